The van der Waals surface area contributed by atoms with Crippen LogP contribution in [0.25, 0.3) is 0 Å². The summed E-state index contributed by atoms with van der Waals surface area (Å²) in [6.07, 6.45) is -0.246. The molecule has 11 heavy (non-hydrogen) atoms. The second-order valence-corrected chi connectivity index (χ2v) is 2.28. The first-order valence-electron chi connectivity index (χ1n) is 3.75. The summed E-state index contributed by atoms with van der Waals surface area (Å²) in [7, 11) is 0. The zero-order chi connectivity index (χ0) is 8.69. The van der Waals surface area contributed by atoms with Crippen molar-refractivity contribution in [2.24, 2.45) is 0 Å². The second kappa shape index (κ2) is 5.97. The third-order valence-electron chi connectivity index (χ3n) is 1.11. The molecule has 4 heteroatoms. The molecule has 0 aromatic heterocycles. The number of hydrogen-bond donors (Lipinski definition) is 2. The van der Waals surface area contributed by atoms with Gasteiger partial charge in [-0.15, -0.1) is 0 Å². The Labute approximate surface area is 66.5 Å². The van der Waals surface area contributed by atoms with E-state index in [4.69, 9.17) is 5.11 Å². The van der Waals surface area contributed by atoms with E-state index in [1.807, 2.05) is 0 Å². The van der Waals surface area contributed by atoms with Crippen LogP contribution >= 0.6 is 0 Å². The number of amides is 1. The fourth-order valence-electron chi connectivity index (χ4n) is 0.565. The van der Waals surface area contributed by atoms with Crippen LogP contribution in [0.3, 0.4) is 0 Å². The van der Waals surface area contributed by atoms with E-state index in [2.05, 4.69) is 10.1 Å². The Bertz CT molecular complexity index is 114. The van der Waals surface area contributed by atoms with Crippen LogP contribution in [-0.4, -0.2) is 30.5 Å². The molecule has 0 aliphatic rings. The maximum Gasteiger partial charge on any atom is 0.407 e. The summed E-state index contributed by atoms with van der Waals surface area (Å²) >= 11 is 0. The van der Waals surface area contributed by atoms with Crippen molar-refractivity contribution in [1.82, 2.24) is 5.32 Å². The molecule has 1 atom stereocenters. The lowest BCUT2D eigenvalue weighted by Gasteiger charge is -2.05. The topological polar surface area (TPSA) is 58.6 Å². The van der Waals surface area contributed by atoms with Crippen LogP contribution in [0.4, 0.5) is 4.79 Å². The van der Waals surface area contributed by atoms with Crippen LogP contribution in [0.5, 0.6) is 0 Å². The predicted molar refractivity (Wildman–Crippen MR) is 41.3 cm³/mol. The summed E-state index contributed by atoms with van der Waals surface area (Å²) in [6, 6.07) is 0. The number of alkyl carbamates (subject to hydrolysis) is 1. The van der Waals surface area contributed by atoms with Crippen LogP contribution in [0.15, 0.2) is 0 Å². The van der Waals surface area contributed by atoms with Gasteiger partial charge in [0.25, 0.3) is 0 Å². The standard InChI is InChI=1S/C7H15NO3/c1-3-11-7(10)8-5-4-6(2)9/h6,9H,3-5H2,1-2H3,(H,8,10)/t6-/m0/s1. The molecule has 0 aromatic rings. The van der Waals surface area contributed by atoms with E-state index in [-0.39, 0.29) is 6.10 Å². The molecule has 0 aliphatic carbocycles. The van der Waals surface area contributed by atoms with Crippen molar-refractivity contribution < 1.29 is 14.6 Å². The van der Waals surface area contributed by atoms with Gasteiger partial charge in [-0.25, -0.2) is 4.79 Å². The molecule has 66 valence electrons. The molecule has 2 N–H and O–H groups in total. The van der Waals surface area contributed by atoms with Gasteiger partial charge in [-0.3, -0.25) is 0 Å². The highest BCUT2D eigenvalue weighted by Crippen LogP contribution is 1.86. The number of rotatable bonds is 4. The van der Waals surface area contributed by atoms with Crippen LogP contribution in [0.1, 0.15) is 20.3 Å². The SMILES string of the molecule is CCOC(=O)NCC[C@H](C)O. The molecule has 0 bridgehead atoms. The highest BCUT2D eigenvalue weighted by molar-refractivity contribution is 5.66. The molecule has 0 unspecified atom stereocenters. The van der Waals surface area contributed by atoms with Crippen molar-refractivity contribution >= 4 is 6.09 Å². The lowest BCUT2D eigenvalue weighted by atomic mass is 10.3. The van der Waals surface area contributed by atoms with Crippen molar-refractivity contribution in [2.75, 3.05) is 13.2 Å². The largest absolute Gasteiger partial charge is 0.450 e. The second-order valence-electron chi connectivity index (χ2n) is 2.28. The van der Waals surface area contributed by atoms with Gasteiger partial charge in [0.2, 0.25) is 0 Å². The predicted octanol–water partition coefficient (Wildman–Crippen LogP) is 0.503. The Balaban J connectivity index is 3.17. The van der Waals surface area contributed by atoms with E-state index in [1.165, 1.54) is 0 Å². The van der Waals surface area contributed by atoms with Gasteiger partial charge >= 0.3 is 6.09 Å². The van der Waals surface area contributed by atoms with E-state index < -0.39 is 6.09 Å². The lowest BCUT2D eigenvalue weighted by molar-refractivity contribution is 0.147. The van der Waals surface area contributed by atoms with Crippen molar-refractivity contribution in [1.29, 1.82) is 0 Å². The minimum Gasteiger partial charge on any atom is -0.450 e. The average molecular weight is 161 g/mol. The van der Waals surface area contributed by atoms with Crippen LogP contribution in [0, 0.1) is 0 Å². The molecule has 1 amide bonds. The van der Waals surface area contributed by atoms with Gasteiger partial charge in [0, 0.05) is 6.54 Å². The van der Waals surface area contributed by atoms with E-state index in [9.17, 15) is 4.79 Å². The normalized spacial score (nSPS) is 12.3. The molecule has 0 fully saturated rings. The zero-order valence-corrected chi connectivity index (χ0v) is 6.96. The minimum atomic E-state index is -0.423. The maximum atomic E-state index is 10.6. The maximum absolute atomic E-state index is 10.6. The summed E-state index contributed by atoms with van der Waals surface area (Å²) in [6.45, 7) is 4.25. The number of carbonyl (C=O) groups is 1. The minimum absolute atomic E-state index is 0.376. The Kier molecular flexibility index (Phi) is 5.56. The molecule has 0 saturated carbocycles. The number of hydrogen-bond acceptors (Lipinski definition) is 3. The van der Waals surface area contributed by atoms with E-state index in [0.29, 0.717) is 19.6 Å². The van der Waals surface area contributed by atoms with Crippen molar-refractivity contribution in [3.8, 4) is 0 Å². The fraction of sp³-hybridized carbons (Fsp3) is 0.857. The first-order chi connectivity index (χ1) is 5.16. The highest BCUT2D eigenvalue weighted by atomic mass is 16.5. The Morgan fingerprint density at radius 2 is 2.36 bits per heavy atom. The summed E-state index contributed by atoms with van der Waals surface area (Å²) in [4.78, 5) is 10.6. The third kappa shape index (κ3) is 7.12. The molecule has 0 rings (SSSR count). The van der Waals surface area contributed by atoms with Gasteiger partial charge in [-0.2, -0.15) is 0 Å². The molecule has 0 radical (unpaired) electrons. The van der Waals surface area contributed by atoms with Crippen molar-refractivity contribution in [3.63, 3.8) is 0 Å². The molecular formula is C7H15NO3. The van der Waals surface area contributed by atoms with E-state index in [1.54, 1.807) is 13.8 Å². The van der Waals surface area contributed by atoms with Crippen molar-refractivity contribution in [3.05, 3.63) is 0 Å². The third-order valence-corrected chi connectivity index (χ3v) is 1.11. The smallest absolute Gasteiger partial charge is 0.407 e. The molecular weight excluding hydrogens is 146 g/mol. The summed E-state index contributed by atoms with van der Waals surface area (Å²) in [5.74, 6) is 0. The lowest BCUT2D eigenvalue weighted by Crippen LogP contribution is -2.27. The van der Waals surface area contributed by atoms with Gasteiger partial charge in [0.05, 0.1) is 12.7 Å². The Morgan fingerprint density at radius 3 is 2.82 bits per heavy atom. The van der Waals surface area contributed by atoms with Crippen LogP contribution in [-0.2, 0) is 4.74 Å². The van der Waals surface area contributed by atoms with Crippen molar-refractivity contribution in [2.45, 2.75) is 26.4 Å². The molecule has 0 heterocycles. The Morgan fingerprint density at radius 1 is 1.73 bits per heavy atom. The average Bonchev–Trinajstić information content (AvgIpc) is 1.87. The molecule has 0 aromatic carbocycles. The number of carbonyl (C=O) groups excluding carboxylic acids is 1. The fourth-order valence-corrected chi connectivity index (χ4v) is 0.565. The molecule has 0 saturated heterocycles. The summed E-state index contributed by atoms with van der Waals surface area (Å²) in [5.41, 5.74) is 0. The van der Waals surface area contributed by atoms with Crippen LogP contribution in [0.2, 0.25) is 0 Å². The molecule has 0 aliphatic heterocycles. The van der Waals surface area contributed by atoms with E-state index >= 15 is 0 Å². The quantitative estimate of drug-likeness (QED) is 0.631. The van der Waals surface area contributed by atoms with Crippen LogP contribution < -0.4 is 5.32 Å². The zero-order valence-electron chi connectivity index (χ0n) is 6.96. The summed E-state index contributed by atoms with van der Waals surface area (Å²) < 4.78 is 4.59. The molecule has 4 nitrogen and oxygen atoms in total. The number of ether oxygens (including phenoxy) is 1. The van der Waals surface area contributed by atoms with Gasteiger partial charge in [-0.05, 0) is 20.3 Å². The monoisotopic (exact) mass is 161 g/mol. The number of aliphatic hydroxyl groups is 1. The van der Waals surface area contributed by atoms with Gasteiger partial charge in [0.1, 0.15) is 0 Å². The first-order valence-corrected chi connectivity index (χ1v) is 3.75. The Hall–Kier alpha value is -0.770. The highest BCUT2D eigenvalue weighted by Gasteiger charge is 1.99. The van der Waals surface area contributed by atoms with Gasteiger partial charge < -0.3 is 15.2 Å². The number of nitrogens with one attached hydrogen (secondary N) is 1. The number of aliphatic hydroxyl groups excluding tert-OH is 1. The van der Waals surface area contributed by atoms with Gasteiger partial charge in [-0.1, -0.05) is 0 Å². The first kappa shape index (κ1) is 10.2. The van der Waals surface area contributed by atoms with Gasteiger partial charge in [0.15, 0.2) is 0 Å². The molecule has 0 spiro atoms. The van der Waals surface area contributed by atoms with E-state index in [0.717, 1.165) is 0 Å². The summed E-state index contributed by atoms with van der Waals surface area (Å²) in [5, 5.41) is 11.3.